The van der Waals surface area contributed by atoms with E-state index >= 15 is 0 Å². The molecule has 26 heavy (non-hydrogen) atoms. The molecule has 0 radical (unpaired) electrons. The van der Waals surface area contributed by atoms with Crippen molar-refractivity contribution in [2.45, 2.75) is 18.9 Å². The van der Waals surface area contributed by atoms with Gasteiger partial charge in [0.1, 0.15) is 10.8 Å². The number of carbonyl (C=O) groups is 1. The van der Waals surface area contributed by atoms with Crippen LogP contribution in [-0.4, -0.2) is 45.3 Å². The number of rotatable bonds is 7. The van der Waals surface area contributed by atoms with E-state index in [1.54, 1.807) is 0 Å². The minimum atomic E-state index is 0.141. The maximum Gasteiger partial charge on any atom is 0.210 e. The largest absolute Gasteiger partial charge is 0.374 e. The number of ketones is 1. The van der Waals surface area contributed by atoms with Gasteiger partial charge in [-0.15, -0.1) is 20.4 Å². The van der Waals surface area contributed by atoms with E-state index < -0.39 is 0 Å². The van der Waals surface area contributed by atoms with Gasteiger partial charge in [0.15, 0.2) is 0 Å². The fraction of sp³-hybridized carbons (Fsp3) is 0.312. The van der Waals surface area contributed by atoms with Crippen LogP contribution < -0.4 is 16.0 Å². The quantitative estimate of drug-likeness (QED) is 0.629. The molecule has 0 amide bonds. The summed E-state index contributed by atoms with van der Waals surface area (Å²) >= 11 is 2.81. The van der Waals surface area contributed by atoms with Crippen molar-refractivity contribution >= 4 is 43.9 Å². The summed E-state index contributed by atoms with van der Waals surface area (Å²) in [5, 5.41) is 22.3. The molecule has 8 nitrogen and oxygen atoms in total. The lowest BCUT2D eigenvalue weighted by atomic mass is 10.1. The maximum absolute atomic E-state index is 12.2. The molecule has 0 unspecified atom stereocenters. The van der Waals surface area contributed by atoms with Crippen LogP contribution in [0.1, 0.15) is 10.6 Å². The van der Waals surface area contributed by atoms with E-state index in [4.69, 9.17) is 5.73 Å². The number of Topliss-reactive ketones (excluding diaryl/α,β-unsaturated/α-hetero) is 1. The average Bonchev–Trinajstić information content (AvgIpc) is 3.20. The second-order valence-electron chi connectivity index (χ2n) is 6.05. The number of anilines is 3. The first-order valence-corrected chi connectivity index (χ1v) is 9.77. The normalized spacial score (nSPS) is 14.2. The Kier molecular flexibility index (Phi) is 4.76. The number of carbonyl (C=O) groups excluding carboxylic acids is 1. The molecule has 2 aromatic heterocycles. The third-order valence-electron chi connectivity index (χ3n) is 3.97. The van der Waals surface area contributed by atoms with Crippen molar-refractivity contribution in [3.63, 3.8) is 0 Å². The van der Waals surface area contributed by atoms with E-state index in [1.165, 1.54) is 22.7 Å². The Bertz CT molecular complexity index is 889. The standard InChI is InChI=1S/C16H17N7OS2/c17-14-20-22-16(26-14)23-8-11(9-23)18-15-21-19-13(25-15)7-12(24)6-10-4-2-1-3-5-10/h1-5,11H,6-9H2,(H2,17,20)(H,18,21). The molecule has 3 heterocycles. The zero-order valence-corrected chi connectivity index (χ0v) is 15.5. The van der Waals surface area contributed by atoms with E-state index in [-0.39, 0.29) is 11.8 Å². The summed E-state index contributed by atoms with van der Waals surface area (Å²) in [4.78, 5) is 14.3. The molecule has 4 rings (SSSR count). The van der Waals surface area contributed by atoms with Crippen molar-refractivity contribution in [1.82, 2.24) is 20.4 Å². The molecule has 3 aromatic rings. The molecule has 1 fully saturated rings. The molecule has 1 aliphatic heterocycles. The second-order valence-corrected chi connectivity index (χ2v) is 8.10. The molecule has 0 saturated carbocycles. The zero-order valence-electron chi connectivity index (χ0n) is 13.8. The molecule has 0 spiro atoms. The van der Waals surface area contributed by atoms with Crippen LogP contribution in [0.4, 0.5) is 15.4 Å². The average molecular weight is 387 g/mol. The molecule has 3 N–H and O–H groups in total. The summed E-state index contributed by atoms with van der Waals surface area (Å²) in [6.07, 6.45) is 0.737. The molecular formula is C16H17N7OS2. The Hall–Kier alpha value is -2.59. The van der Waals surface area contributed by atoms with Gasteiger partial charge in [-0.1, -0.05) is 53.0 Å². The molecule has 0 atom stereocenters. The smallest absolute Gasteiger partial charge is 0.210 e. The van der Waals surface area contributed by atoms with Gasteiger partial charge in [-0.25, -0.2) is 0 Å². The van der Waals surface area contributed by atoms with Gasteiger partial charge in [-0.2, -0.15) is 0 Å². The maximum atomic E-state index is 12.2. The van der Waals surface area contributed by atoms with Gasteiger partial charge >= 0.3 is 0 Å². The minimum absolute atomic E-state index is 0.141. The van der Waals surface area contributed by atoms with Crippen LogP contribution in [0, 0.1) is 0 Å². The highest BCUT2D eigenvalue weighted by Gasteiger charge is 2.30. The number of aromatic nitrogens is 4. The Morgan fingerprint density at radius 3 is 2.65 bits per heavy atom. The lowest BCUT2D eigenvalue weighted by Gasteiger charge is -2.38. The molecule has 1 saturated heterocycles. The highest BCUT2D eigenvalue weighted by atomic mass is 32.1. The molecule has 0 bridgehead atoms. The van der Waals surface area contributed by atoms with Crippen molar-refractivity contribution in [2.24, 2.45) is 0 Å². The number of nitrogen functional groups attached to an aromatic ring is 1. The van der Waals surface area contributed by atoms with Gasteiger partial charge in [0.2, 0.25) is 15.4 Å². The van der Waals surface area contributed by atoms with Gasteiger partial charge in [0, 0.05) is 19.5 Å². The molecule has 134 valence electrons. The molecule has 1 aromatic carbocycles. The zero-order chi connectivity index (χ0) is 17.9. The van der Waals surface area contributed by atoms with Crippen molar-refractivity contribution < 1.29 is 4.79 Å². The first kappa shape index (κ1) is 16.9. The van der Waals surface area contributed by atoms with Crippen molar-refractivity contribution in [3.8, 4) is 0 Å². The van der Waals surface area contributed by atoms with Crippen molar-refractivity contribution in [1.29, 1.82) is 0 Å². The monoisotopic (exact) mass is 387 g/mol. The summed E-state index contributed by atoms with van der Waals surface area (Å²) < 4.78 is 0. The number of hydrogen-bond donors (Lipinski definition) is 2. The third-order valence-corrected chi connectivity index (χ3v) is 5.64. The summed E-state index contributed by atoms with van der Waals surface area (Å²) in [6, 6.07) is 10.0. The van der Waals surface area contributed by atoms with Gasteiger partial charge in [-0.3, -0.25) is 4.79 Å². The van der Waals surface area contributed by atoms with Crippen molar-refractivity contribution in [2.75, 3.05) is 29.0 Å². The van der Waals surface area contributed by atoms with Crippen molar-refractivity contribution in [3.05, 3.63) is 40.9 Å². The fourth-order valence-electron chi connectivity index (χ4n) is 2.69. The van der Waals surface area contributed by atoms with E-state index in [1.807, 2.05) is 30.3 Å². The first-order valence-electron chi connectivity index (χ1n) is 8.14. The highest BCUT2D eigenvalue weighted by Crippen LogP contribution is 2.27. The number of nitrogens with zero attached hydrogens (tertiary/aromatic N) is 5. The number of benzene rings is 1. The van der Waals surface area contributed by atoms with Crippen LogP contribution >= 0.6 is 22.7 Å². The van der Waals surface area contributed by atoms with Crippen LogP contribution in [0.25, 0.3) is 0 Å². The first-order chi connectivity index (χ1) is 12.7. The lowest BCUT2D eigenvalue weighted by Crippen LogP contribution is -2.54. The summed E-state index contributed by atoms with van der Waals surface area (Å²) in [7, 11) is 0. The summed E-state index contributed by atoms with van der Waals surface area (Å²) in [5.74, 6) is 0.141. The molecule has 10 heteroatoms. The second kappa shape index (κ2) is 7.34. The summed E-state index contributed by atoms with van der Waals surface area (Å²) in [5.41, 5.74) is 6.62. The van der Waals surface area contributed by atoms with Crippen LogP contribution in [0.15, 0.2) is 30.3 Å². The lowest BCUT2D eigenvalue weighted by molar-refractivity contribution is -0.117. The van der Waals surface area contributed by atoms with E-state index in [2.05, 4.69) is 30.6 Å². The van der Waals surface area contributed by atoms with E-state index in [9.17, 15) is 4.79 Å². The van der Waals surface area contributed by atoms with Crippen LogP contribution in [-0.2, 0) is 17.6 Å². The Labute approximate surface area is 158 Å². The predicted octanol–water partition coefficient (Wildman–Crippen LogP) is 1.63. The third kappa shape index (κ3) is 3.97. The van der Waals surface area contributed by atoms with E-state index in [0.29, 0.717) is 18.0 Å². The van der Waals surface area contributed by atoms with Crippen LogP contribution in [0.2, 0.25) is 0 Å². The van der Waals surface area contributed by atoms with Gasteiger partial charge in [0.05, 0.1) is 12.5 Å². The molecular weight excluding hydrogens is 370 g/mol. The number of nitrogens with one attached hydrogen (secondary N) is 1. The molecule has 1 aliphatic rings. The molecule has 0 aliphatic carbocycles. The minimum Gasteiger partial charge on any atom is -0.374 e. The topological polar surface area (TPSA) is 110 Å². The Morgan fingerprint density at radius 2 is 1.92 bits per heavy atom. The van der Waals surface area contributed by atoms with Gasteiger partial charge < -0.3 is 16.0 Å². The number of hydrogen-bond acceptors (Lipinski definition) is 10. The highest BCUT2D eigenvalue weighted by molar-refractivity contribution is 7.18. The van der Waals surface area contributed by atoms with Crippen LogP contribution in [0.5, 0.6) is 0 Å². The van der Waals surface area contributed by atoms with Gasteiger partial charge in [-0.05, 0) is 5.56 Å². The summed E-state index contributed by atoms with van der Waals surface area (Å²) in [6.45, 7) is 1.63. The Balaban J connectivity index is 1.25. The fourth-order valence-corrected chi connectivity index (χ4v) is 4.17. The van der Waals surface area contributed by atoms with Gasteiger partial charge in [0.25, 0.3) is 0 Å². The van der Waals surface area contributed by atoms with E-state index in [0.717, 1.165) is 33.9 Å². The van der Waals surface area contributed by atoms with Crippen LogP contribution in [0.3, 0.4) is 0 Å². The Morgan fingerprint density at radius 1 is 1.12 bits per heavy atom. The SMILES string of the molecule is Nc1nnc(N2CC(Nc3nnc(CC(=O)Cc4ccccc4)s3)C2)s1. The predicted molar refractivity (Wildman–Crippen MR) is 103 cm³/mol. The number of nitrogens with two attached hydrogens (primary N) is 1.